The summed E-state index contributed by atoms with van der Waals surface area (Å²) < 4.78 is 47.7. The number of aromatic nitrogens is 1. The molecule has 1 heterocycles. The molecule has 7 nitrogen and oxygen atoms in total. The number of nitrogens with zero attached hydrogens (tertiary/aromatic N) is 1. The van der Waals surface area contributed by atoms with Crippen molar-refractivity contribution >= 4 is 37.3 Å². The van der Waals surface area contributed by atoms with Gasteiger partial charge in [0.05, 0.1) is 10.8 Å². The first-order valence-corrected chi connectivity index (χ1v) is 9.12. The van der Waals surface area contributed by atoms with Crippen molar-refractivity contribution in [2.24, 2.45) is 0 Å². The Hall–Kier alpha value is -0.900. The predicted octanol–water partition coefficient (Wildman–Crippen LogP) is 0.0302. The zero-order chi connectivity index (χ0) is 14.7. The first-order chi connectivity index (χ1) is 8.62. The molecule has 19 heavy (non-hydrogen) atoms. The van der Waals surface area contributed by atoms with Crippen LogP contribution in [0.15, 0.2) is 17.2 Å². The number of nitrogens with one attached hydrogen (secondary N) is 1. The standard InChI is InChI=1S/C9H14ClN3O4S2/c1-18(14,15)4-2-3-13-19(16,17)7-5-8(10)9(11)12-6-7/h5-6,13H,2-4H2,1H3,(H2,11,12). The largest absolute Gasteiger partial charge is 0.382 e. The first kappa shape index (κ1) is 16.2. The van der Waals surface area contributed by atoms with Gasteiger partial charge >= 0.3 is 0 Å². The highest BCUT2D eigenvalue weighted by Crippen LogP contribution is 2.19. The minimum Gasteiger partial charge on any atom is -0.382 e. The Morgan fingerprint density at radius 3 is 2.53 bits per heavy atom. The van der Waals surface area contributed by atoms with Crippen LogP contribution < -0.4 is 10.5 Å². The molecule has 0 aliphatic heterocycles. The number of pyridine rings is 1. The fraction of sp³-hybridized carbons (Fsp3) is 0.444. The highest BCUT2D eigenvalue weighted by Gasteiger charge is 2.15. The van der Waals surface area contributed by atoms with Crippen LogP contribution >= 0.6 is 11.6 Å². The third kappa shape index (κ3) is 5.31. The SMILES string of the molecule is CS(=O)(=O)CCCNS(=O)(=O)c1cnc(N)c(Cl)c1. The van der Waals surface area contributed by atoms with Crippen LogP contribution in [-0.4, -0.2) is 40.4 Å². The van der Waals surface area contributed by atoms with Gasteiger partial charge in [0.25, 0.3) is 0 Å². The molecule has 1 aromatic heterocycles. The van der Waals surface area contributed by atoms with Crippen molar-refractivity contribution in [3.8, 4) is 0 Å². The minimum atomic E-state index is -3.76. The van der Waals surface area contributed by atoms with Crippen LogP contribution in [0.2, 0.25) is 5.02 Å². The van der Waals surface area contributed by atoms with Crippen LogP contribution in [0.4, 0.5) is 5.82 Å². The maximum Gasteiger partial charge on any atom is 0.242 e. The van der Waals surface area contributed by atoms with Crippen LogP contribution in [0.25, 0.3) is 0 Å². The van der Waals surface area contributed by atoms with Crippen molar-refractivity contribution in [3.05, 3.63) is 17.3 Å². The molecule has 0 saturated heterocycles. The number of nitrogens with two attached hydrogens (primary N) is 1. The number of halogens is 1. The van der Waals surface area contributed by atoms with Gasteiger partial charge in [0.2, 0.25) is 10.0 Å². The molecule has 0 amide bonds. The summed E-state index contributed by atoms with van der Waals surface area (Å²) in [5.74, 6) is -0.0475. The third-order valence-corrected chi connectivity index (χ3v) is 4.90. The minimum absolute atomic E-state index is 0.0113. The highest BCUT2D eigenvalue weighted by molar-refractivity contribution is 7.90. The number of sulfonamides is 1. The van der Waals surface area contributed by atoms with Crippen LogP contribution in [0.5, 0.6) is 0 Å². The Morgan fingerprint density at radius 2 is 2.00 bits per heavy atom. The Morgan fingerprint density at radius 1 is 1.37 bits per heavy atom. The zero-order valence-corrected chi connectivity index (χ0v) is 12.5. The van der Waals surface area contributed by atoms with Crippen molar-refractivity contribution in [1.82, 2.24) is 9.71 Å². The molecule has 3 N–H and O–H groups in total. The van der Waals surface area contributed by atoms with E-state index >= 15 is 0 Å². The monoisotopic (exact) mass is 327 g/mol. The molecule has 1 rings (SSSR count). The summed E-state index contributed by atoms with van der Waals surface area (Å²) in [6.07, 6.45) is 2.36. The molecule has 0 fully saturated rings. The molecule has 0 aliphatic carbocycles. The lowest BCUT2D eigenvalue weighted by Crippen LogP contribution is -2.26. The van der Waals surface area contributed by atoms with Gasteiger partial charge in [0.1, 0.15) is 20.6 Å². The zero-order valence-electron chi connectivity index (χ0n) is 10.1. The lowest BCUT2D eigenvalue weighted by molar-refractivity contribution is 0.577. The van der Waals surface area contributed by atoms with E-state index in [0.29, 0.717) is 0 Å². The van der Waals surface area contributed by atoms with Gasteiger partial charge in [0.15, 0.2) is 0 Å². The number of hydrogen-bond donors (Lipinski definition) is 2. The second kappa shape index (κ2) is 6.04. The second-order valence-corrected chi connectivity index (χ2v) is 8.35. The Kier molecular flexibility index (Phi) is 5.13. The highest BCUT2D eigenvalue weighted by atomic mass is 35.5. The summed E-state index contributed by atoms with van der Waals surface area (Å²) in [7, 11) is -6.87. The molecule has 0 aliphatic rings. The van der Waals surface area contributed by atoms with E-state index in [4.69, 9.17) is 17.3 Å². The first-order valence-electron chi connectivity index (χ1n) is 5.20. The molecule has 0 atom stereocenters. The van der Waals surface area contributed by atoms with E-state index in [1.165, 1.54) is 6.07 Å². The molecule has 0 spiro atoms. The van der Waals surface area contributed by atoms with Gasteiger partial charge in [-0.05, 0) is 12.5 Å². The smallest absolute Gasteiger partial charge is 0.242 e. The Balaban J connectivity index is 2.68. The van der Waals surface area contributed by atoms with Crippen molar-refractivity contribution in [1.29, 1.82) is 0 Å². The van der Waals surface area contributed by atoms with Crippen LogP contribution in [0.3, 0.4) is 0 Å². The number of sulfone groups is 1. The van der Waals surface area contributed by atoms with Gasteiger partial charge in [-0.2, -0.15) is 0 Å². The van der Waals surface area contributed by atoms with Gasteiger partial charge in [0, 0.05) is 19.0 Å². The lowest BCUT2D eigenvalue weighted by atomic mass is 10.5. The number of hydrogen-bond acceptors (Lipinski definition) is 6. The Bertz CT molecular complexity index is 658. The van der Waals surface area contributed by atoms with Gasteiger partial charge in [-0.3, -0.25) is 0 Å². The van der Waals surface area contributed by atoms with Crippen LogP contribution in [0.1, 0.15) is 6.42 Å². The summed E-state index contributed by atoms with van der Waals surface area (Å²) in [6.45, 7) is 0.0113. The van der Waals surface area contributed by atoms with E-state index in [-0.39, 0.29) is 34.5 Å². The number of anilines is 1. The molecule has 0 radical (unpaired) electrons. The van der Waals surface area contributed by atoms with Crippen molar-refractivity contribution < 1.29 is 16.8 Å². The van der Waals surface area contributed by atoms with E-state index in [9.17, 15) is 16.8 Å². The number of nitrogen functional groups attached to an aromatic ring is 1. The third-order valence-electron chi connectivity index (χ3n) is 2.14. The quantitative estimate of drug-likeness (QED) is 0.711. The van der Waals surface area contributed by atoms with E-state index in [0.717, 1.165) is 12.5 Å². The van der Waals surface area contributed by atoms with Crippen molar-refractivity contribution in [3.63, 3.8) is 0 Å². The van der Waals surface area contributed by atoms with Crippen molar-refractivity contribution in [2.75, 3.05) is 24.3 Å². The number of rotatable bonds is 6. The van der Waals surface area contributed by atoms with Gasteiger partial charge in [-0.15, -0.1) is 0 Å². The molecule has 1 aromatic rings. The average Bonchev–Trinajstić information content (AvgIpc) is 2.27. The molecule has 0 saturated carbocycles. The van der Waals surface area contributed by atoms with Gasteiger partial charge in [-0.25, -0.2) is 26.5 Å². The second-order valence-electron chi connectivity index (χ2n) is 3.92. The average molecular weight is 328 g/mol. The van der Waals surface area contributed by atoms with Crippen LogP contribution in [-0.2, 0) is 19.9 Å². The summed E-state index contributed by atoms with van der Waals surface area (Å²) in [5.41, 5.74) is 5.38. The predicted molar refractivity (Wildman–Crippen MR) is 73.2 cm³/mol. The van der Waals surface area contributed by atoms with Gasteiger partial charge in [-0.1, -0.05) is 11.6 Å². The van der Waals surface area contributed by atoms with E-state index in [1.807, 2.05) is 0 Å². The maximum atomic E-state index is 11.8. The maximum absolute atomic E-state index is 11.8. The topological polar surface area (TPSA) is 119 Å². The molecule has 0 aromatic carbocycles. The Labute approximate surface area is 117 Å². The molecule has 10 heteroatoms. The van der Waals surface area contributed by atoms with Crippen molar-refractivity contribution in [2.45, 2.75) is 11.3 Å². The molecular formula is C9H14ClN3O4S2. The molecule has 108 valence electrons. The lowest BCUT2D eigenvalue weighted by Gasteiger charge is -2.07. The summed E-state index contributed by atoms with van der Waals surface area (Å²) in [4.78, 5) is 3.52. The van der Waals surface area contributed by atoms with Gasteiger partial charge < -0.3 is 5.73 Å². The molecular weight excluding hydrogens is 314 g/mol. The van der Waals surface area contributed by atoms with E-state index in [1.54, 1.807) is 0 Å². The summed E-state index contributed by atoms with van der Waals surface area (Å²) in [5, 5.41) is 0.0408. The van der Waals surface area contributed by atoms with E-state index < -0.39 is 19.9 Å². The molecule has 0 unspecified atom stereocenters. The summed E-state index contributed by atoms with van der Waals surface area (Å²) >= 11 is 5.68. The fourth-order valence-corrected chi connectivity index (χ4v) is 3.15. The van der Waals surface area contributed by atoms with Crippen LogP contribution in [0, 0.1) is 0 Å². The summed E-state index contributed by atoms with van der Waals surface area (Å²) in [6, 6.07) is 1.18. The van der Waals surface area contributed by atoms with E-state index in [2.05, 4.69) is 9.71 Å². The normalized spacial score (nSPS) is 12.5. The fourth-order valence-electron chi connectivity index (χ4n) is 1.20. The molecule has 0 bridgehead atoms.